The normalized spacial score (nSPS) is 18.1. The summed E-state index contributed by atoms with van der Waals surface area (Å²) in [5.74, 6) is 0. The SMILES string of the molecule is Cc1cc2c3c(c1)N(c1ccc4c(c1C(C)(C)C)C(C)(C)c1ccccc1-4)c1cc(N(c4ccc(C(C)(C)C)cc4)c4ccc(C(C)(C)C)cc4)ccc1B3c1cc3c(cc1N2c1ccc2c(c1)C(C)(C)CCC2(C)C)C(C)(C)CC3(C)C. The van der Waals surface area contributed by atoms with Gasteiger partial charge in [-0.15, -0.1) is 0 Å². The number of aryl methyl sites for hydroxylation is 1. The van der Waals surface area contributed by atoms with E-state index in [1.54, 1.807) is 0 Å². The van der Waals surface area contributed by atoms with Crippen LogP contribution in [0.4, 0.5) is 51.2 Å². The smallest absolute Gasteiger partial charge is 0.252 e. The molecule has 424 valence electrons. The van der Waals surface area contributed by atoms with Crippen molar-refractivity contribution in [3.05, 3.63) is 201 Å². The van der Waals surface area contributed by atoms with E-state index in [0.29, 0.717) is 0 Å². The fourth-order valence-corrected chi connectivity index (χ4v) is 16.4. The van der Waals surface area contributed by atoms with E-state index in [1.807, 2.05) is 0 Å². The highest BCUT2D eigenvalue weighted by Crippen LogP contribution is 2.58. The Bertz CT molecular complexity index is 3930. The van der Waals surface area contributed by atoms with E-state index in [9.17, 15) is 0 Å². The van der Waals surface area contributed by atoms with Crippen molar-refractivity contribution in [3.63, 3.8) is 0 Å². The summed E-state index contributed by atoms with van der Waals surface area (Å²) in [4.78, 5) is 7.97. The zero-order chi connectivity index (χ0) is 59.3. The molecule has 5 aliphatic rings. The van der Waals surface area contributed by atoms with Crippen LogP contribution in [0.25, 0.3) is 11.1 Å². The molecule has 0 spiro atoms. The molecule has 3 aliphatic carbocycles. The lowest BCUT2D eigenvalue weighted by Crippen LogP contribution is -2.61. The number of hydrogen-bond donors (Lipinski definition) is 0. The van der Waals surface area contributed by atoms with Crippen LogP contribution in [0.15, 0.2) is 146 Å². The maximum atomic E-state index is 2.74. The second-order valence-electron chi connectivity index (χ2n) is 32.2. The molecule has 0 saturated carbocycles. The lowest BCUT2D eigenvalue weighted by molar-refractivity contribution is 0.332. The molecule has 0 aromatic heterocycles. The number of hydrogen-bond acceptors (Lipinski definition) is 3. The Morgan fingerprint density at radius 3 is 1.53 bits per heavy atom. The molecule has 8 aromatic carbocycles. The number of fused-ring (bicyclic) bond motifs is 9. The first kappa shape index (κ1) is 55.4. The van der Waals surface area contributed by atoms with Gasteiger partial charge in [0, 0.05) is 50.9 Å². The molecule has 8 aromatic rings. The molecule has 2 aliphatic heterocycles. The van der Waals surface area contributed by atoms with E-state index in [1.165, 1.54) is 130 Å². The minimum Gasteiger partial charge on any atom is -0.311 e. The third kappa shape index (κ3) is 8.47. The summed E-state index contributed by atoms with van der Waals surface area (Å²) >= 11 is 0. The molecule has 0 atom stereocenters. The molecule has 0 unspecified atom stereocenters. The van der Waals surface area contributed by atoms with Crippen molar-refractivity contribution in [2.45, 2.75) is 201 Å². The second kappa shape index (κ2) is 17.9. The zero-order valence-corrected chi connectivity index (χ0v) is 53.9. The minimum atomic E-state index is -0.227. The molecule has 83 heavy (non-hydrogen) atoms. The Balaban J connectivity index is 1.14. The standard InChI is InChI=1S/C79H90BN3/c1-48-41-67-71-68(42-48)83(64-38-35-56-55-23-21-22-24-57(55)79(19,20)69(56)70(64)74(8,9)10)65-44-54(81(51-29-25-49(26-30-51)72(2,3)4)52-31-27-50(28-32-52)73(5,6)7)34-37-62(65)80(71)63-45-60-61(78(17,18)47-77(60,15)16)46-66(63)82(67)53-33-36-58-59(43-53)76(13,14)40-39-75(58,11)12/h21-38,41-46H,39-40,47H2,1-20H3. The van der Waals surface area contributed by atoms with E-state index < -0.39 is 0 Å². The predicted molar refractivity (Wildman–Crippen MR) is 360 cm³/mol. The van der Waals surface area contributed by atoms with Crippen LogP contribution < -0.4 is 31.1 Å². The van der Waals surface area contributed by atoms with Gasteiger partial charge < -0.3 is 14.7 Å². The van der Waals surface area contributed by atoms with Crippen molar-refractivity contribution in [1.29, 1.82) is 0 Å². The van der Waals surface area contributed by atoms with Crippen molar-refractivity contribution in [1.82, 2.24) is 0 Å². The van der Waals surface area contributed by atoms with Crippen LogP contribution in [0, 0.1) is 6.92 Å². The topological polar surface area (TPSA) is 9.72 Å². The van der Waals surface area contributed by atoms with Crippen molar-refractivity contribution < 1.29 is 0 Å². The van der Waals surface area contributed by atoms with Gasteiger partial charge in [0.2, 0.25) is 0 Å². The van der Waals surface area contributed by atoms with Gasteiger partial charge in [-0.3, -0.25) is 0 Å². The van der Waals surface area contributed by atoms with E-state index in [2.05, 4.69) is 299 Å². The number of nitrogens with zero attached hydrogens (tertiary/aromatic N) is 3. The van der Waals surface area contributed by atoms with Gasteiger partial charge in [-0.05, 0) is 220 Å². The van der Waals surface area contributed by atoms with E-state index in [4.69, 9.17) is 0 Å². The molecule has 2 heterocycles. The quantitative estimate of drug-likeness (QED) is 0.159. The molecule has 0 saturated heterocycles. The highest BCUT2D eigenvalue weighted by molar-refractivity contribution is 7.00. The van der Waals surface area contributed by atoms with Crippen LogP contribution in [0.1, 0.15) is 206 Å². The third-order valence-electron chi connectivity index (χ3n) is 20.7. The highest BCUT2D eigenvalue weighted by Gasteiger charge is 2.50. The summed E-state index contributed by atoms with van der Waals surface area (Å²) in [5.41, 5.74) is 31.7. The first-order chi connectivity index (χ1) is 38.7. The fraction of sp³-hybridized carbons (Fsp3) is 0.392. The number of anilines is 9. The molecule has 0 fully saturated rings. The Kier molecular flexibility index (Phi) is 11.9. The van der Waals surface area contributed by atoms with E-state index in [-0.39, 0.29) is 50.0 Å². The van der Waals surface area contributed by atoms with Gasteiger partial charge in [0.05, 0.1) is 5.69 Å². The van der Waals surface area contributed by atoms with Crippen molar-refractivity contribution in [2.75, 3.05) is 14.7 Å². The number of rotatable bonds is 5. The van der Waals surface area contributed by atoms with E-state index >= 15 is 0 Å². The Morgan fingerprint density at radius 1 is 0.410 bits per heavy atom. The Morgan fingerprint density at radius 2 is 0.940 bits per heavy atom. The summed E-state index contributed by atoms with van der Waals surface area (Å²) in [7, 11) is 0. The van der Waals surface area contributed by atoms with E-state index in [0.717, 1.165) is 23.5 Å². The molecule has 4 heteroatoms. The maximum Gasteiger partial charge on any atom is 0.252 e. The van der Waals surface area contributed by atoms with Crippen LogP contribution >= 0.6 is 0 Å². The van der Waals surface area contributed by atoms with Gasteiger partial charge >= 0.3 is 0 Å². The maximum absolute atomic E-state index is 2.74. The van der Waals surface area contributed by atoms with Gasteiger partial charge in [0.15, 0.2) is 0 Å². The zero-order valence-electron chi connectivity index (χ0n) is 53.9. The Hall–Kier alpha value is -6.78. The highest BCUT2D eigenvalue weighted by atomic mass is 15.2. The molecular weight excluding hydrogens is 1000 g/mol. The molecule has 0 N–H and O–H groups in total. The summed E-state index contributed by atoms with van der Waals surface area (Å²) in [6, 6.07) is 58.4. The average molecular weight is 1090 g/mol. The van der Waals surface area contributed by atoms with Crippen LogP contribution in [-0.2, 0) is 43.3 Å². The van der Waals surface area contributed by atoms with Crippen molar-refractivity contribution >= 4 is 74.3 Å². The van der Waals surface area contributed by atoms with Crippen molar-refractivity contribution in [2.24, 2.45) is 0 Å². The molecule has 3 nitrogen and oxygen atoms in total. The molecule has 0 amide bonds. The second-order valence-corrected chi connectivity index (χ2v) is 32.2. The lowest BCUT2D eigenvalue weighted by atomic mass is 9.33. The van der Waals surface area contributed by atoms with Gasteiger partial charge in [0.1, 0.15) is 0 Å². The van der Waals surface area contributed by atoms with Gasteiger partial charge in [-0.1, -0.05) is 204 Å². The van der Waals surface area contributed by atoms with Gasteiger partial charge in [-0.25, -0.2) is 0 Å². The first-order valence-corrected chi connectivity index (χ1v) is 31.2. The molecule has 0 bridgehead atoms. The summed E-state index contributed by atoms with van der Waals surface area (Å²) in [6.45, 7) is 48.3. The molecule has 13 rings (SSSR count). The average Bonchev–Trinajstić information content (AvgIpc) is 4.04. The lowest BCUT2D eigenvalue weighted by Gasteiger charge is -2.47. The first-order valence-electron chi connectivity index (χ1n) is 31.2. The summed E-state index contributed by atoms with van der Waals surface area (Å²) in [6.07, 6.45) is 3.46. The summed E-state index contributed by atoms with van der Waals surface area (Å²) in [5, 5.41) is 0. The minimum absolute atomic E-state index is 0.00583. The van der Waals surface area contributed by atoms with Crippen molar-refractivity contribution in [3.8, 4) is 11.1 Å². The van der Waals surface area contributed by atoms with Crippen LogP contribution in [0.2, 0.25) is 0 Å². The van der Waals surface area contributed by atoms with Crippen LogP contribution in [0.3, 0.4) is 0 Å². The fourth-order valence-electron chi connectivity index (χ4n) is 16.4. The third-order valence-corrected chi connectivity index (χ3v) is 20.7. The van der Waals surface area contributed by atoms with Gasteiger partial charge in [-0.2, -0.15) is 0 Å². The monoisotopic (exact) mass is 1090 g/mol. The van der Waals surface area contributed by atoms with Crippen LogP contribution in [-0.4, -0.2) is 6.71 Å². The molecule has 0 radical (unpaired) electrons. The largest absolute Gasteiger partial charge is 0.311 e. The Labute approximate surface area is 499 Å². The summed E-state index contributed by atoms with van der Waals surface area (Å²) < 4.78 is 0. The predicted octanol–water partition coefficient (Wildman–Crippen LogP) is 20.1. The van der Waals surface area contributed by atoms with Gasteiger partial charge in [0.25, 0.3) is 6.71 Å². The van der Waals surface area contributed by atoms with Crippen LogP contribution in [0.5, 0.6) is 0 Å². The molecular formula is C79H90BN3. The number of benzene rings is 8.